The summed E-state index contributed by atoms with van der Waals surface area (Å²) >= 11 is 11.9. The first kappa shape index (κ1) is 21.9. The number of nitrogens with one attached hydrogen (secondary N) is 1. The molecular formula is C20H23Cl2N3O3S. The van der Waals surface area contributed by atoms with Crippen molar-refractivity contribution in [2.75, 3.05) is 31.9 Å². The van der Waals surface area contributed by atoms with Gasteiger partial charge < -0.3 is 9.80 Å². The molecule has 0 radical (unpaired) electrons. The summed E-state index contributed by atoms with van der Waals surface area (Å²) in [6.07, 6.45) is 2.04. The fourth-order valence-corrected chi connectivity index (χ4v) is 5.14. The standard InChI is InChI=1S/C20H23Cl2N3O3S/c1-24(2)17-4-3-11-25(13-17)20(26)14-5-8-16(9-6-14)23-29(27,28)19-12-15(21)7-10-18(19)22/h5-10,12,17,23H,3-4,11,13H2,1-2H3. The van der Waals surface area contributed by atoms with Crippen LogP contribution in [0.1, 0.15) is 23.2 Å². The van der Waals surface area contributed by atoms with Gasteiger partial charge in [0, 0.05) is 35.4 Å². The van der Waals surface area contributed by atoms with Crippen LogP contribution in [0.4, 0.5) is 5.69 Å². The quantitative estimate of drug-likeness (QED) is 0.740. The van der Waals surface area contributed by atoms with Gasteiger partial charge in [0.25, 0.3) is 15.9 Å². The molecule has 9 heteroatoms. The molecule has 6 nitrogen and oxygen atoms in total. The normalized spacial score (nSPS) is 17.4. The van der Waals surface area contributed by atoms with Gasteiger partial charge in [-0.1, -0.05) is 23.2 Å². The molecule has 0 saturated carbocycles. The lowest BCUT2D eigenvalue weighted by molar-refractivity contribution is 0.0635. The van der Waals surface area contributed by atoms with E-state index in [-0.39, 0.29) is 20.8 Å². The highest BCUT2D eigenvalue weighted by molar-refractivity contribution is 7.92. The lowest BCUT2D eigenvalue weighted by atomic mass is 10.0. The van der Waals surface area contributed by atoms with Gasteiger partial charge in [-0.3, -0.25) is 9.52 Å². The highest BCUT2D eigenvalue weighted by Gasteiger charge is 2.25. The second kappa shape index (κ2) is 8.92. The Morgan fingerprint density at radius 3 is 2.48 bits per heavy atom. The third-order valence-corrected chi connectivity index (χ3v) is 7.08. The van der Waals surface area contributed by atoms with Crippen LogP contribution >= 0.6 is 23.2 Å². The molecule has 156 valence electrons. The summed E-state index contributed by atoms with van der Waals surface area (Å²) in [6.45, 7) is 1.41. The number of hydrogen-bond acceptors (Lipinski definition) is 4. The highest BCUT2D eigenvalue weighted by Crippen LogP contribution is 2.27. The Bertz CT molecular complexity index is 995. The number of amides is 1. The molecule has 29 heavy (non-hydrogen) atoms. The van der Waals surface area contributed by atoms with Crippen molar-refractivity contribution in [1.29, 1.82) is 0 Å². The van der Waals surface area contributed by atoms with Crippen LogP contribution in [0.25, 0.3) is 0 Å². The second-order valence-corrected chi connectivity index (χ2v) is 9.76. The number of carbonyl (C=O) groups is 1. The number of carbonyl (C=O) groups excluding carboxylic acids is 1. The zero-order chi connectivity index (χ0) is 21.2. The Kier molecular flexibility index (Phi) is 6.73. The number of hydrogen-bond donors (Lipinski definition) is 1. The number of likely N-dealkylation sites (tertiary alicyclic amines) is 1. The minimum Gasteiger partial charge on any atom is -0.337 e. The Labute approximate surface area is 181 Å². The maximum absolute atomic E-state index is 12.8. The lowest BCUT2D eigenvalue weighted by Gasteiger charge is -2.36. The van der Waals surface area contributed by atoms with Gasteiger partial charge >= 0.3 is 0 Å². The van der Waals surface area contributed by atoms with E-state index in [2.05, 4.69) is 9.62 Å². The predicted octanol–water partition coefficient (Wildman–Crippen LogP) is 3.96. The Balaban J connectivity index is 1.73. The van der Waals surface area contributed by atoms with Crippen molar-refractivity contribution in [3.05, 3.63) is 58.1 Å². The zero-order valence-electron chi connectivity index (χ0n) is 16.2. The molecule has 0 aliphatic carbocycles. The van der Waals surface area contributed by atoms with Crippen molar-refractivity contribution in [1.82, 2.24) is 9.80 Å². The third kappa shape index (κ3) is 5.22. The van der Waals surface area contributed by atoms with E-state index >= 15 is 0 Å². The van der Waals surface area contributed by atoms with Crippen molar-refractivity contribution < 1.29 is 13.2 Å². The monoisotopic (exact) mass is 455 g/mol. The molecule has 0 aromatic heterocycles. The topological polar surface area (TPSA) is 69.7 Å². The number of rotatable bonds is 5. The number of halogens is 2. The van der Waals surface area contributed by atoms with Gasteiger partial charge in [-0.25, -0.2) is 8.42 Å². The van der Waals surface area contributed by atoms with Gasteiger partial charge in [-0.2, -0.15) is 0 Å². The molecule has 1 heterocycles. The van der Waals surface area contributed by atoms with E-state index in [4.69, 9.17) is 23.2 Å². The smallest absolute Gasteiger partial charge is 0.263 e. The molecule has 0 bridgehead atoms. The van der Waals surface area contributed by atoms with E-state index in [1.54, 1.807) is 24.3 Å². The Morgan fingerprint density at radius 1 is 1.14 bits per heavy atom. The number of sulfonamides is 1. The van der Waals surface area contributed by atoms with E-state index in [0.717, 1.165) is 19.4 Å². The van der Waals surface area contributed by atoms with Crippen LogP contribution in [-0.4, -0.2) is 57.4 Å². The summed E-state index contributed by atoms with van der Waals surface area (Å²) in [5.74, 6) is -0.0520. The van der Waals surface area contributed by atoms with Gasteiger partial charge in [0.2, 0.25) is 0 Å². The van der Waals surface area contributed by atoms with Gasteiger partial charge in [0.05, 0.1) is 5.02 Å². The minimum atomic E-state index is -3.90. The van der Waals surface area contributed by atoms with E-state index in [1.807, 2.05) is 19.0 Å². The maximum atomic E-state index is 12.8. The number of benzene rings is 2. The molecule has 1 aliphatic rings. The van der Waals surface area contributed by atoms with Gasteiger partial charge in [-0.15, -0.1) is 0 Å². The van der Waals surface area contributed by atoms with Crippen molar-refractivity contribution in [2.45, 2.75) is 23.8 Å². The largest absolute Gasteiger partial charge is 0.337 e. The van der Waals surface area contributed by atoms with E-state index in [1.165, 1.54) is 18.2 Å². The second-order valence-electron chi connectivity index (χ2n) is 7.27. The molecule has 1 atom stereocenters. The molecule has 2 aromatic carbocycles. The summed E-state index contributed by atoms with van der Waals surface area (Å²) in [5, 5.41) is 0.350. The molecular weight excluding hydrogens is 433 g/mol. The molecule has 1 saturated heterocycles. The molecule has 0 spiro atoms. The predicted molar refractivity (Wildman–Crippen MR) is 116 cm³/mol. The van der Waals surface area contributed by atoms with Crippen LogP contribution < -0.4 is 4.72 Å². The summed E-state index contributed by atoms with van der Waals surface area (Å²) in [7, 11) is 0.135. The number of piperidine rings is 1. The van der Waals surface area contributed by atoms with Gasteiger partial charge in [0.1, 0.15) is 4.90 Å². The number of likely N-dealkylation sites (N-methyl/N-ethyl adjacent to an activating group) is 1. The van der Waals surface area contributed by atoms with Crippen LogP contribution in [-0.2, 0) is 10.0 Å². The first-order valence-corrected chi connectivity index (χ1v) is 11.4. The van der Waals surface area contributed by atoms with Crippen LogP contribution in [0.15, 0.2) is 47.4 Å². The Hall–Kier alpha value is -1.80. The van der Waals surface area contributed by atoms with Crippen molar-refractivity contribution in [2.24, 2.45) is 0 Å². The molecule has 1 fully saturated rings. The van der Waals surface area contributed by atoms with Crippen LogP contribution in [0.3, 0.4) is 0 Å². The average Bonchev–Trinajstić information content (AvgIpc) is 2.69. The van der Waals surface area contributed by atoms with E-state index in [0.29, 0.717) is 23.8 Å². The SMILES string of the molecule is CN(C)C1CCCN(C(=O)c2ccc(NS(=O)(=O)c3cc(Cl)ccc3Cl)cc2)C1. The van der Waals surface area contributed by atoms with Crippen molar-refractivity contribution in [3.8, 4) is 0 Å². The summed E-state index contributed by atoms with van der Waals surface area (Å²) < 4.78 is 27.7. The number of anilines is 1. The van der Waals surface area contributed by atoms with E-state index in [9.17, 15) is 13.2 Å². The summed E-state index contributed by atoms with van der Waals surface area (Å²) in [5.41, 5.74) is 0.857. The average molecular weight is 456 g/mol. The van der Waals surface area contributed by atoms with Crippen molar-refractivity contribution >= 4 is 44.8 Å². The number of nitrogens with zero attached hydrogens (tertiary/aromatic N) is 2. The van der Waals surface area contributed by atoms with Crippen LogP contribution in [0.5, 0.6) is 0 Å². The first-order chi connectivity index (χ1) is 13.7. The molecule has 1 amide bonds. The Morgan fingerprint density at radius 2 is 1.83 bits per heavy atom. The fourth-order valence-electron chi connectivity index (χ4n) is 3.32. The molecule has 1 N–H and O–H groups in total. The maximum Gasteiger partial charge on any atom is 0.263 e. The highest BCUT2D eigenvalue weighted by atomic mass is 35.5. The van der Waals surface area contributed by atoms with Crippen molar-refractivity contribution in [3.63, 3.8) is 0 Å². The minimum absolute atomic E-state index is 0.0520. The zero-order valence-corrected chi connectivity index (χ0v) is 18.6. The molecule has 1 unspecified atom stereocenters. The van der Waals surface area contributed by atoms with E-state index < -0.39 is 10.0 Å². The third-order valence-electron chi connectivity index (χ3n) is 4.98. The van der Waals surface area contributed by atoms with Gasteiger partial charge in [-0.05, 0) is 69.4 Å². The van der Waals surface area contributed by atoms with Crippen LogP contribution in [0, 0.1) is 0 Å². The molecule has 3 rings (SSSR count). The van der Waals surface area contributed by atoms with Gasteiger partial charge in [0.15, 0.2) is 0 Å². The molecule has 1 aliphatic heterocycles. The lowest BCUT2D eigenvalue weighted by Crippen LogP contribution is -2.47. The summed E-state index contributed by atoms with van der Waals surface area (Å²) in [4.78, 5) is 16.7. The molecule has 2 aromatic rings. The van der Waals surface area contributed by atoms with Crippen LogP contribution in [0.2, 0.25) is 10.0 Å². The fraction of sp³-hybridized carbons (Fsp3) is 0.350. The first-order valence-electron chi connectivity index (χ1n) is 9.21. The summed E-state index contributed by atoms with van der Waals surface area (Å²) in [6, 6.07) is 11.0.